The number of hydrogen-bond donors (Lipinski definition) is 0. The Morgan fingerprint density at radius 1 is 1.18 bits per heavy atom. The Hall–Kier alpha value is -1.97. The molecule has 0 aliphatic heterocycles. The smallest absolute Gasteiger partial charge is 0.131 e. The lowest BCUT2D eigenvalue weighted by Gasteiger charge is -2.13. The molecule has 0 aliphatic carbocycles. The molecule has 1 aromatic carbocycles. The highest BCUT2D eigenvalue weighted by Crippen LogP contribution is 2.38. The van der Waals surface area contributed by atoms with Crippen LogP contribution in [0.1, 0.15) is 13.8 Å². The fourth-order valence-corrected chi connectivity index (χ4v) is 1.61. The normalized spacial score (nSPS) is 10.2. The lowest BCUT2D eigenvalue weighted by molar-refractivity contribution is 0.325. The van der Waals surface area contributed by atoms with Crippen LogP contribution in [0.15, 0.2) is 29.1 Å². The van der Waals surface area contributed by atoms with Gasteiger partial charge in [0.1, 0.15) is 17.8 Å². The monoisotopic (exact) mass is 232 g/mol. The fraction of sp³-hybridized carbons (Fsp3) is 0.308. The van der Waals surface area contributed by atoms with E-state index in [1.54, 1.807) is 24.6 Å². The standard InChI is InChI=1S/C13H14NO3/c1-3-15-11-6-5-7-12(16-4-2)13(11)10-8-14-17-9-10/h6-9H,3-4H2,1-2H3. The molecule has 0 amide bonds. The Labute approximate surface area is 100 Å². The first-order chi connectivity index (χ1) is 8.36. The van der Waals surface area contributed by atoms with E-state index < -0.39 is 0 Å². The quantitative estimate of drug-likeness (QED) is 0.795. The highest BCUT2D eigenvalue weighted by Gasteiger charge is 2.14. The van der Waals surface area contributed by atoms with Crippen LogP contribution in [-0.4, -0.2) is 18.4 Å². The van der Waals surface area contributed by atoms with Crippen LogP contribution in [0, 0.1) is 6.07 Å². The molecule has 1 heterocycles. The van der Waals surface area contributed by atoms with Crippen LogP contribution in [0.5, 0.6) is 11.5 Å². The molecule has 1 aromatic heterocycles. The molecule has 4 nitrogen and oxygen atoms in total. The fourth-order valence-electron chi connectivity index (χ4n) is 1.61. The van der Waals surface area contributed by atoms with E-state index in [1.807, 2.05) is 13.8 Å². The minimum atomic E-state index is 0.585. The molecule has 0 N–H and O–H groups in total. The summed E-state index contributed by atoms with van der Waals surface area (Å²) in [4.78, 5) is 0. The van der Waals surface area contributed by atoms with Gasteiger partial charge >= 0.3 is 0 Å². The van der Waals surface area contributed by atoms with Crippen LogP contribution in [0.3, 0.4) is 0 Å². The summed E-state index contributed by atoms with van der Waals surface area (Å²) in [5.74, 6) is 1.45. The predicted octanol–water partition coefficient (Wildman–Crippen LogP) is 2.94. The Balaban J connectivity index is 2.50. The van der Waals surface area contributed by atoms with Crippen molar-refractivity contribution in [3.8, 4) is 22.6 Å². The number of benzene rings is 1. The highest BCUT2D eigenvalue weighted by molar-refractivity contribution is 5.75. The van der Waals surface area contributed by atoms with E-state index in [2.05, 4.69) is 11.2 Å². The van der Waals surface area contributed by atoms with Crippen molar-refractivity contribution < 1.29 is 14.0 Å². The van der Waals surface area contributed by atoms with Crippen molar-refractivity contribution in [1.29, 1.82) is 0 Å². The average Bonchev–Trinajstić information content (AvgIpc) is 2.84. The van der Waals surface area contributed by atoms with Gasteiger partial charge in [0.25, 0.3) is 0 Å². The minimum absolute atomic E-state index is 0.585. The summed E-state index contributed by atoms with van der Waals surface area (Å²) in [6.45, 7) is 5.04. The zero-order valence-electron chi connectivity index (χ0n) is 9.90. The number of aromatic nitrogens is 1. The van der Waals surface area contributed by atoms with Gasteiger partial charge in [-0.05, 0) is 32.0 Å². The summed E-state index contributed by atoms with van der Waals surface area (Å²) in [5, 5.41) is 3.70. The maximum absolute atomic E-state index is 5.57. The molecule has 0 saturated carbocycles. The van der Waals surface area contributed by atoms with E-state index in [0.717, 1.165) is 22.6 Å². The Kier molecular flexibility index (Phi) is 3.65. The van der Waals surface area contributed by atoms with Crippen LogP contribution >= 0.6 is 0 Å². The van der Waals surface area contributed by atoms with E-state index in [0.29, 0.717) is 13.2 Å². The summed E-state index contributed by atoms with van der Waals surface area (Å²) < 4.78 is 16.0. The van der Waals surface area contributed by atoms with Gasteiger partial charge < -0.3 is 14.0 Å². The van der Waals surface area contributed by atoms with Gasteiger partial charge in [0, 0.05) is 5.56 Å². The largest absolute Gasteiger partial charge is 0.493 e. The molecular formula is C13H14NO3. The van der Waals surface area contributed by atoms with E-state index in [9.17, 15) is 0 Å². The third-order valence-electron chi connectivity index (χ3n) is 2.24. The molecule has 2 rings (SSSR count). The second-order valence-corrected chi connectivity index (χ2v) is 3.34. The summed E-state index contributed by atoms with van der Waals surface area (Å²) in [6.07, 6.45) is 3.21. The van der Waals surface area contributed by atoms with E-state index in [1.165, 1.54) is 0 Å². The van der Waals surface area contributed by atoms with Gasteiger partial charge in [-0.3, -0.25) is 0 Å². The zero-order chi connectivity index (χ0) is 12.1. The van der Waals surface area contributed by atoms with Crippen molar-refractivity contribution in [2.24, 2.45) is 0 Å². The average molecular weight is 232 g/mol. The Morgan fingerprint density at radius 2 is 1.82 bits per heavy atom. The summed E-state index contributed by atoms with van der Waals surface area (Å²) in [5.41, 5.74) is 1.69. The van der Waals surface area contributed by atoms with Gasteiger partial charge in [-0.2, -0.15) is 0 Å². The van der Waals surface area contributed by atoms with Crippen molar-refractivity contribution in [3.63, 3.8) is 0 Å². The lowest BCUT2D eigenvalue weighted by Crippen LogP contribution is -1.98. The minimum Gasteiger partial charge on any atom is -0.493 e. The van der Waals surface area contributed by atoms with Gasteiger partial charge in [-0.15, -0.1) is 0 Å². The van der Waals surface area contributed by atoms with Crippen molar-refractivity contribution in [2.75, 3.05) is 13.2 Å². The molecule has 0 aliphatic rings. The zero-order valence-corrected chi connectivity index (χ0v) is 9.90. The van der Waals surface area contributed by atoms with Crippen molar-refractivity contribution >= 4 is 0 Å². The van der Waals surface area contributed by atoms with Crippen LogP contribution < -0.4 is 9.47 Å². The lowest BCUT2D eigenvalue weighted by atomic mass is 10.1. The Bertz CT molecular complexity index is 441. The molecule has 4 heteroatoms. The molecular weight excluding hydrogens is 218 g/mol. The number of hydrogen-bond acceptors (Lipinski definition) is 4. The molecule has 89 valence electrons. The van der Waals surface area contributed by atoms with Crippen molar-refractivity contribution in [3.05, 3.63) is 30.7 Å². The molecule has 0 saturated heterocycles. The van der Waals surface area contributed by atoms with Crippen LogP contribution in [0.2, 0.25) is 0 Å². The van der Waals surface area contributed by atoms with Gasteiger partial charge in [-0.1, -0.05) is 5.16 Å². The van der Waals surface area contributed by atoms with Crippen LogP contribution in [0.4, 0.5) is 0 Å². The molecule has 0 bridgehead atoms. The molecule has 1 radical (unpaired) electrons. The first kappa shape index (κ1) is 11.5. The van der Waals surface area contributed by atoms with Gasteiger partial charge in [0.2, 0.25) is 0 Å². The highest BCUT2D eigenvalue weighted by atomic mass is 16.5. The summed E-state index contributed by atoms with van der Waals surface area (Å²) in [6, 6.07) is 6.57. The van der Waals surface area contributed by atoms with Gasteiger partial charge in [0.15, 0.2) is 0 Å². The topological polar surface area (TPSA) is 44.5 Å². The second kappa shape index (κ2) is 5.39. The van der Waals surface area contributed by atoms with E-state index in [4.69, 9.17) is 14.0 Å². The molecule has 2 aromatic rings. The van der Waals surface area contributed by atoms with Crippen LogP contribution in [-0.2, 0) is 0 Å². The predicted molar refractivity (Wildman–Crippen MR) is 63.1 cm³/mol. The maximum Gasteiger partial charge on any atom is 0.131 e. The van der Waals surface area contributed by atoms with Crippen LogP contribution in [0.25, 0.3) is 11.1 Å². The van der Waals surface area contributed by atoms with Crippen molar-refractivity contribution in [1.82, 2.24) is 5.16 Å². The summed E-state index contributed by atoms with van der Waals surface area (Å²) in [7, 11) is 0. The maximum atomic E-state index is 5.57. The summed E-state index contributed by atoms with van der Waals surface area (Å²) >= 11 is 0. The molecule has 0 atom stereocenters. The Morgan fingerprint density at radius 3 is 2.29 bits per heavy atom. The van der Waals surface area contributed by atoms with E-state index in [-0.39, 0.29) is 0 Å². The van der Waals surface area contributed by atoms with Gasteiger partial charge in [0.05, 0.1) is 25.0 Å². The molecule has 17 heavy (non-hydrogen) atoms. The van der Waals surface area contributed by atoms with E-state index >= 15 is 0 Å². The molecule has 0 fully saturated rings. The van der Waals surface area contributed by atoms with Crippen molar-refractivity contribution in [2.45, 2.75) is 13.8 Å². The molecule has 0 spiro atoms. The second-order valence-electron chi connectivity index (χ2n) is 3.34. The third kappa shape index (κ3) is 2.41. The van der Waals surface area contributed by atoms with Gasteiger partial charge in [-0.25, -0.2) is 0 Å². The molecule has 0 unspecified atom stereocenters. The SMILES string of the molecule is CCOc1c[c]cc(OCC)c1-c1cnoc1. The number of rotatable bonds is 5. The first-order valence-electron chi connectivity index (χ1n) is 5.56. The third-order valence-corrected chi connectivity index (χ3v) is 2.24. The number of ether oxygens (including phenoxy) is 2. The number of nitrogens with zero attached hydrogens (tertiary/aromatic N) is 1. The first-order valence-corrected chi connectivity index (χ1v) is 5.56.